The molecule has 0 aromatic rings. The number of ether oxygens (including phenoxy) is 1. The lowest BCUT2D eigenvalue weighted by Crippen LogP contribution is -2.46. The van der Waals surface area contributed by atoms with E-state index in [4.69, 9.17) is 14.6 Å². The van der Waals surface area contributed by atoms with Gasteiger partial charge in [-0.2, -0.15) is 0 Å². The summed E-state index contributed by atoms with van der Waals surface area (Å²) in [5.74, 6) is -0.350. The normalized spacial score (nSPS) is 14.9. The molecule has 0 aromatic heterocycles. The molecule has 0 aliphatic carbocycles. The molecule has 0 rings (SSSR count). The molecule has 0 saturated heterocycles. The molecule has 2 unspecified atom stereocenters. The van der Waals surface area contributed by atoms with Gasteiger partial charge in [-0.3, -0.25) is 9.59 Å². The van der Waals surface area contributed by atoms with Crippen LogP contribution in [0.2, 0.25) is 0 Å². The lowest BCUT2D eigenvalue weighted by molar-refractivity contribution is -0.134. The molecule has 0 aliphatic rings. The van der Waals surface area contributed by atoms with E-state index in [1.165, 1.54) is 0 Å². The van der Waals surface area contributed by atoms with Crippen LogP contribution >= 0.6 is 0 Å². The number of hydrogen-bond acceptors (Lipinski definition) is 4. The Labute approximate surface area is 200 Å². The van der Waals surface area contributed by atoms with Gasteiger partial charge in [0.15, 0.2) is 0 Å². The van der Waals surface area contributed by atoms with Crippen molar-refractivity contribution >= 4 is 11.9 Å². The smallest absolute Gasteiger partial charge is 0.300 e. The first kappa shape index (κ1) is 32.3. The quantitative estimate of drug-likeness (QED) is 0.249. The minimum Gasteiger partial charge on any atom is -0.491 e. The number of aliphatic hydroxyl groups excluding tert-OH is 1. The largest absolute Gasteiger partial charge is 0.491 e. The van der Waals surface area contributed by atoms with E-state index in [-0.39, 0.29) is 31.1 Å². The number of aliphatic hydroxyl groups is 1. The number of carboxylic acid groups (broad SMARTS) is 1. The number of amides is 1. The van der Waals surface area contributed by atoms with Crippen LogP contribution in [0.3, 0.4) is 0 Å². The van der Waals surface area contributed by atoms with Crippen molar-refractivity contribution in [1.82, 2.24) is 5.32 Å². The molecule has 0 aromatic carbocycles. The van der Waals surface area contributed by atoms with Gasteiger partial charge in [0, 0.05) is 13.5 Å². The fourth-order valence-electron chi connectivity index (χ4n) is 3.13. The summed E-state index contributed by atoms with van der Waals surface area (Å²) in [6.45, 7) is 20.5. The van der Waals surface area contributed by atoms with Crippen molar-refractivity contribution in [2.24, 2.45) is 5.41 Å². The van der Waals surface area contributed by atoms with Gasteiger partial charge in [-0.1, -0.05) is 50.5 Å². The van der Waals surface area contributed by atoms with E-state index < -0.39 is 11.4 Å². The zero-order chi connectivity index (χ0) is 26.0. The fraction of sp³-hybridized carbons (Fsp3) is 0.481. The van der Waals surface area contributed by atoms with Crippen LogP contribution < -0.4 is 5.32 Å². The van der Waals surface area contributed by atoms with Gasteiger partial charge in [-0.05, 0) is 70.8 Å². The van der Waals surface area contributed by atoms with Crippen LogP contribution in [0.15, 0.2) is 72.6 Å². The number of hydrogen-bond donors (Lipinski definition) is 3. The molecule has 0 bridgehead atoms. The summed E-state index contributed by atoms with van der Waals surface area (Å²) in [7, 11) is 0. The molecule has 0 spiro atoms. The van der Waals surface area contributed by atoms with Gasteiger partial charge in [-0.15, -0.1) is 0 Å². The van der Waals surface area contributed by atoms with Gasteiger partial charge >= 0.3 is 0 Å². The summed E-state index contributed by atoms with van der Waals surface area (Å²) in [5, 5.41) is 20.2. The zero-order valence-corrected chi connectivity index (χ0v) is 21.4. The van der Waals surface area contributed by atoms with E-state index in [2.05, 4.69) is 18.5 Å². The number of nitrogens with one attached hydrogen (secondary N) is 1. The minimum atomic E-state index is -0.925. The third-order valence-corrected chi connectivity index (χ3v) is 4.73. The molecular formula is C27H43NO5. The number of allylic oxidation sites excluding steroid dienone is 6. The van der Waals surface area contributed by atoms with Crippen LogP contribution in [0.5, 0.6) is 0 Å². The van der Waals surface area contributed by atoms with Gasteiger partial charge in [-0.25, -0.2) is 0 Å². The van der Waals surface area contributed by atoms with Crippen molar-refractivity contribution in [1.29, 1.82) is 0 Å². The van der Waals surface area contributed by atoms with Crippen molar-refractivity contribution in [3.63, 3.8) is 0 Å². The SMILES string of the molecule is C=C/C=C(\C=C/C)C(C)NC(=O)C(CC)(CCO)C(=C)/C=C(\C=C/C)OC(C)C.CC(=O)O. The maximum atomic E-state index is 13.4. The first-order chi connectivity index (χ1) is 15.4. The molecule has 6 heteroatoms. The molecular weight excluding hydrogens is 418 g/mol. The highest BCUT2D eigenvalue weighted by Gasteiger charge is 2.39. The average molecular weight is 462 g/mol. The highest BCUT2D eigenvalue weighted by molar-refractivity contribution is 5.87. The summed E-state index contributed by atoms with van der Waals surface area (Å²) in [6, 6.07) is -0.208. The Bertz CT molecular complexity index is 754. The minimum absolute atomic E-state index is 0.000367. The summed E-state index contributed by atoms with van der Waals surface area (Å²) in [6.07, 6.45) is 13.8. The van der Waals surface area contributed by atoms with Crippen LogP contribution in [0.4, 0.5) is 0 Å². The van der Waals surface area contributed by atoms with Crippen LogP contribution in [0.1, 0.15) is 61.3 Å². The Hall–Kier alpha value is -2.86. The second kappa shape index (κ2) is 17.7. The predicted molar refractivity (Wildman–Crippen MR) is 137 cm³/mol. The maximum Gasteiger partial charge on any atom is 0.300 e. The van der Waals surface area contributed by atoms with Gasteiger partial charge in [0.1, 0.15) is 5.76 Å². The Kier molecular flexibility index (Phi) is 17.3. The van der Waals surface area contributed by atoms with Crippen LogP contribution in [0, 0.1) is 5.41 Å². The second-order valence-corrected chi connectivity index (χ2v) is 7.76. The monoisotopic (exact) mass is 461 g/mol. The zero-order valence-electron chi connectivity index (χ0n) is 21.4. The lowest BCUT2D eigenvalue weighted by atomic mass is 9.74. The molecule has 0 saturated carbocycles. The highest BCUT2D eigenvalue weighted by Crippen LogP contribution is 2.36. The molecule has 0 aliphatic heterocycles. The number of aliphatic carboxylic acids is 1. The lowest BCUT2D eigenvalue weighted by Gasteiger charge is -2.33. The Morgan fingerprint density at radius 1 is 1.15 bits per heavy atom. The number of rotatable bonds is 13. The molecule has 2 atom stereocenters. The van der Waals surface area contributed by atoms with E-state index in [0.717, 1.165) is 12.5 Å². The van der Waals surface area contributed by atoms with Crippen molar-refractivity contribution in [3.05, 3.63) is 72.6 Å². The van der Waals surface area contributed by atoms with Crippen LogP contribution in [0.25, 0.3) is 0 Å². The van der Waals surface area contributed by atoms with Crippen LogP contribution in [-0.4, -0.2) is 40.8 Å². The molecule has 0 heterocycles. The van der Waals surface area contributed by atoms with Gasteiger partial charge in [0.05, 0.1) is 17.6 Å². The number of carboxylic acids is 1. The van der Waals surface area contributed by atoms with E-state index in [9.17, 15) is 9.90 Å². The third-order valence-electron chi connectivity index (χ3n) is 4.73. The van der Waals surface area contributed by atoms with E-state index in [1.807, 2.05) is 71.9 Å². The molecule has 1 amide bonds. The highest BCUT2D eigenvalue weighted by atomic mass is 16.5. The topological polar surface area (TPSA) is 95.9 Å². The summed E-state index contributed by atoms with van der Waals surface area (Å²) in [5.41, 5.74) is 0.641. The fourth-order valence-corrected chi connectivity index (χ4v) is 3.13. The van der Waals surface area contributed by atoms with E-state index in [0.29, 0.717) is 17.8 Å². The maximum absolute atomic E-state index is 13.4. The Balaban J connectivity index is 0. The average Bonchev–Trinajstić information content (AvgIpc) is 2.70. The van der Waals surface area contributed by atoms with Gasteiger partial charge in [0.25, 0.3) is 5.97 Å². The van der Waals surface area contributed by atoms with E-state index >= 15 is 0 Å². The molecule has 186 valence electrons. The molecule has 0 fully saturated rings. The predicted octanol–water partition coefficient (Wildman–Crippen LogP) is 5.49. The van der Waals surface area contributed by atoms with Crippen molar-refractivity contribution in [2.45, 2.75) is 73.5 Å². The third kappa shape index (κ3) is 12.7. The standard InChI is InChI=1S/C25H39NO3.C2H4O2/c1-9-13-22(14-10-2)21(8)26-24(28)25(12-4,16-17-27)20(7)18-23(15-11-3)29-19(5)6;1-2(3)4/h9-11,13-15,18-19,21,27H,1,7,12,16-17H2,2-6,8H3,(H,26,28);1H3,(H,3,4)/b14-10-,15-11-,22-13+,23-18+;. The molecule has 0 radical (unpaired) electrons. The number of carbonyl (C=O) groups excluding carboxylic acids is 1. The second-order valence-electron chi connectivity index (χ2n) is 7.76. The number of carbonyl (C=O) groups is 2. The Morgan fingerprint density at radius 2 is 1.70 bits per heavy atom. The summed E-state index contributed by atoms with van der Waals surface area (Å²) >= 11 is 0. The van der Waals surface area contributed by atoms with Crippen molar-refractivity contribution in [2.75, 3.05) is 6.61 Å². The van der Waals surface area contributed by atoms with Crippen molar-refractivity contribution in [3.8, 4) is 0 Å². The van der Waals surface area contributed by atoms with Gasteiger partial charge < -0.3 is 20.3 Å². The molecule has 6 nitrogen and oxygen atoms in total. The first-order valence-electron chi connectivity index (χ1n) is 11.2. The summed E-state index contributed by atoms with van der Waals surface area (Å²) < 4.78 is 5.83. The molecule has 3 N–H and O–H groups in total. The Morgan fingerprint density at radius 3 is 2.09 bits per heavy atom. The van der Waals surface area contributed by atoms with E-state index in [1.54, 1.807) is 12.2 Å². The van der Waals surface area contributed by atoms with Crippen molar-refractivity contribution < 1.29 is 24.5 Å². The summed E-state index contributed by atoms with van der Waals surface area (Å²) in [4.78, 5) is 22.4. The van der Waals surface area contributed by atoms with Crippen LogP contribution in [-0.2, 0) is 14.3 Å². The van der Waals surface area contributed by atoms with Gasteiger partial charge in [0.2, 0.25) is 5.91 Å². The molecule has 33 heavy (non-hydrogen) atoms. The first-order valence-corrected chi connectivity index (χ1v) is 11.2.